The molecule has 3 aromatic carbocycles. The third-order valence-corrected chi connectivity index (χ3v) is 4.71. The fourth-order valence-corrected chi connectivity index (χ4v) is 3.15. The Morgan fingerprint density at radius 2 is 1.89 bits per heavy atom. The Morgan fingerprint density at radius 3 is 2.68 bits per heavy atom. The molecule has 1 amide bonds. The van der Waals surface area contributed by atoms with Crippen LogP contribution in [0.2, 0.25) is 5.02 Å². The first-order valence-electron chi connectivity index (χ1n) is 8.82. The smallest absolute Gasteiger partial charge is 0.263 e. The number of ether oxygens (including phenoxy) is 1. The van der Waals surface area contributed by atoms with Crippen LogP contribution in [0.1, 0.15) is 5.56 Å². The monoisotopic (exact) mass is 391 g/mol. The number of aromatic amines is 1. The average Bonchev–Trinajstić information content (AvgIpc) is 3.10. The number of nitrogens with one attached hydrogen (secondary N) is 2. The van der Waals surface area contributed by atoms with Gasteiger partial charge in [0.15, 0.2) is 12.4 Å². The van der Waals surface area contributed by atoms with Crippen LogP contribution in [-0.4, -0.2) is 22.7 Å². The maximum absolute atomic E-state index is 12.2. The number of hydrogen-bond donors (Lipinski definition) is 2. The molecule has 0 aliphatic rings. The van der Waals surface area contributed by atoms with Crippen molar-refractivity contribution >= 4 is 34.2 Å². The second-order valence-electron chi connectivity index (χ2n) is 6.44. The minimum atomic E-state index is -0.286. The number of carbonyl (C=O) groups excluding carboxylic acids is 1. The zero-order valence-electron chi connectivity index (χ0n) is 15.2. The van der Waals surface area contributed by atoms with Crippen molar-refractivity contribution in [1.29, 1.82) is 0 Å². The SMILES string of the molecule is Cc1ccccc1-c1ccc2c(NC(=O)COc3ccc(Cl)cc3)n[nH]c2c1. The van der Waals surface area contributed by atoms with E-state index in [0.29, 0.717) is 16.6 Å². The highest BCUT2D eigenvalue weighted by Crippen LogP contribution is 2.28. The van der Waals surface area contributed by atoms with Gasteiger partial charge in [-0.3, -0.25) is 9.89 Å². The highest BCUT2D eigenvalue weighted by Gasteiger charge is 2.11. The molecule has 6 heteroatoms. The number of halogens is 1. The van der Waals surface area contributed by atoms with Crippen LogP contribution in [0, 0.1) is 6.92 Å². The van der Waals surface area contributed by atoms with E-state index in [1.165, 1.54) is 11.1 Å². The van der Waals surface area contributed by atoms with Crippen molar-refractivity contribution in [3.05, 3.63) is 77.3 Å². The van der Waals surface area contributed by atoms with Gasteiger partial charge in [-0.1, -0.05) is 41.9 Å². The third-order valence-electron chi connectivity index (χ3n) is 4.46. The van der Waals surface area contributed by atoms with Crippen LogP contribution in [0.4, 0.5) is 5.82 Å². The number of anilines is 1. The van der Waals surface area contributed by atoms with Gasteiger partial charge in [0.2, 0.25) is 0 Å². The van der Waals surface area contributed by atoms with Crippen molar-refractivity contribution in [3.63, 3.8) is 0 Å². The molecule has 0 saturated heterocycles. The number of benzene rings is 3. The first-order chi connectivity index (χ1) is 13.6. The van der Waals surface area contributed by atoms with Crippen LogP contribution in [0.25, 0.3) is 22.0 Å². The lowest BCUT2D eigenvalue weighted by molar-refractivity contribution is -0.118. The molecule has 1 aromatic heterocycles. The topological polar surface area (TPSA) is 67.0 Å². The summed E-state index contributed by atoms with van der Waals surface area (Å²) in [4.78, 5) is 12.2. The molecule has 0 fully saturated rings. The van der Waals surface area contributed by atoms with Crippen LogP contribution in [-0.2, 0) is 4.79 Å². The van der Waals surface area contributed by atoms with Gasteiger partial charge in [0, 0.05) is 10.4 Å². The summed E-state index contributed by atoms with van der Waals surface area (Å²) in [6.45, 7) is 1.97. The molecule has 0 bridgehead atoms. The number of hydrogen-bond acceptors (Lipinski definition) is 3. The molecule has 0 unspecified atom stereocenters. The van der Waals surface area contributed by atoms with E-state index in [0.717, 1.165) is 16.5 Å². The second-order valence-corrected chi connectivity index (χ2v) is 6.87. The van der Waals surface area contributed by atoms with E-state index in [2.05, 4.69) is 34.6 Å². The predicted molar refractivity (Wildman–Crippen MR) is 112 cm³/mol. The van der Waals surface area contributed by atoms with Crippen molar-refractivity contribution in [2.24, 2.45) is 0 Å². The highest BCUT2D eigenvalue weighted by molar-refractivity contribution is 6.30. The van der Waals surface area contributed by atoms with E-state index < -0.39 is 0 Å². The van der Waals surface area contributed by atoms with Crippen molar-refractivity contribution < 1.29 is 9.53 Å². The highest BCUT2D eigenvalue weighted by atomic mass is 35.5. The number of amides is 1. The summed E-state index contributed by atoms with van der Waals surface area (Å²) in [5, 5.41) is 11.5. The lowest BCUT2D eigenvalue weighted by Gasteiger charge is -2.07. The Balaban J connectivity index is 1.48. The molecule has 0 aliphatic heterocycles. The first kappa shape index (κ1) is 18.1. The van der Waals surface area contributed by atoms with E-state index in [-0.39, 0.29) is 12.5 Å². The van der Waals surface area contributed by atoms with Crippen molar-refractivity contribution in [2.75, 3.05) is 11.9 Å². The number of fused-ring (bicyclic) bond motifs is 1. The Morgan fingerprint density at radius 1 is 1.11 bits per heavy atom. The van der Waals surface area contributed by atoms with Gasteiger partial charge in [0.05, 0.1) is 5.52 Å². The summed E-state index contributed by atoms with van der Waals surface area (Å²) < 4.78 is 5.47. The Hall–Kier alpha value is -3.31. The van der Waals surface area contributed by atoms with E-state index in [9.17, 15) is 4.79 Å². The number of nitrogens with zero attached hydrogens (tertiary/aromatic N) is 1. The molecule has 0 radical (unpaired) electrons. The number of aryl methyl sites for hydroxylation is 1. The molecule has 0 atom stereocenters. The molecular weight excluding hydrogens is 374 g/mol. The maximum Gasteiger partial charge on any atom is 0.263 e. The lowest BCUT2D eigenvalue weighted by Crippen LogP contribution is -2.20. The molecule has 2 N–H and O–H groups in total. The molecule has 1 heterocycles. The molecule has 5 nitrogen and oxygen atoms in total. The largest absolute Gasteiger partial charge is 0.484 e. The summed E-state index contributed by atoms with van der Waals surface area (Å²) >= 11 is 5.84. The summed E-state index contributed by atoms with van der Waals surface area (Å²) in [7, 11) is 0. The first-order valence-corrected chi connectivity index (χ1v) is 9.20. The zero-order chi connectivity index (χ0) is 19.5. The Kier molecular flexibility index (Phi) is 5.00. The minimum Gasteiger partial charge on any atom is -0.484 e. The van der Waals surface area contributed by atoms with Gasteiger partial charge in [0.1, 0.15) is 5.75 Å². The summed E-state index contributed by atoms with van der Waals surface area (Å²) in [6.07, 6.45) is 0. The van der Waals surface area contributed by atoms with Crippen LogP contribution >= 0.6 is 11.6 Å². The predicted octanol–water partition coefficient (Wildman–Crippen LogP) is 5.21. The molecule has 0 spiro atoms. The molecule has 4 aromatic rings. The van der Waals surface area contributed by atoms with Gasteiger partial charge >= 0.3 is 0 Å². The van der Waals surface area contributed by atoms with E-state index in [4.69, 9.17) is 16.3 Å². The van der Waals surface area contributed by atoms with E-state index in [1.807, 2.05) is 30.3 Å². The molecule has 28 heavy (non-hydrogen) atoms. The molecule has 4 rings (SSSR count). The summed E-state index contributed by atoms with van der Waals surface area (Å²) in [5.41, 5.74) is 4.32. The van der Waals surface area contributed by atoms with Crippen LogP contribution in [0.15, 0.2) is 66.7 Å². The quantitative estimate of drug-likeness (QED) is 0.490. The molecular formula is C22H18ClN3O2. The Bertz CT molecular complexity index is 1140. The standard InChI is InChI=1S/C22H18ClN3O2/c1-14-4-2-3-5-18(14)15-6-11-19-20(12-15)25-26-22(19)24-21(27)13-28-17-9-7-16(23)8-10-17/h2-12H,13H2,1H3,(H2,24,25,26,27). The lowest BCUT2D eigenvalue weighted by atomic mass is 10.00. The van der Waals surface area contributed by atoms with Gasteiger partial charge in [-0.25, -0.2) is 0 Å². The van der Waals surface area contributed by atoms with Crippen molar-refractivity contribution in [2.45, 2.75) is 6.92 Å². The number of rotatable bonds is 5. The minimum absolute atomic E-state index is 0.114. The van der Waals surface area contributed by atoms with Gasteiger partial charge < -0.3 is 10.1 Å². The zero-order valence-corrected chi connectivity index (χ0v) is 16.0. The summed E-state index contributed by atoms with van der Waals surface area (Å²) in [6, 6.07) is 21.1. The normalized spacial score (nSPS) is 10.8. The van der Waals surface area contributed by atoms with Gasteiger partial charge in [-0.05, 0) is 60.0 Å². The summed E-state index contributed by atoms with van der Waals surface area (Å²) in [5.74, 6) is 0.775. The van der Waals surface area contributed by atoms with E-state index in [1.54, 1.807) is 24.3 Å². The number of aromatic nitrogens is 2. The fraction of sp³-hybridized carbons (Fsp3) is 0.0909. The van der Waals surface area contributed by atoms with Gasteiger partial charge in [-0.2, -0.15) is 5.10 Å². The van der Waals surface area contributed by atoms with E-state index >= 15 is 0 Å². The maximum atomic E-state index is 12.2. The Labute approximate surface area is 167 Å². The van der Waals surface area contributed by atoms with Gasteiger partial charge in [-0.15, -0.1) is 0 Å². The van der Waals surface area contributed by atoms with Crippen LogP contribution in [0.3, 0.4) is 0 Å². The third kappa shape index (κ3) is 3.85. The van der Waals surface area contributed by atoms with Crippen molar-refractivity contribution in [1.82, 2.24) is 10.2 Å². The van der Waals surface area contributed by atoms with Crippen LogP contribution < -0.4 is 10.1 Å². The second kappa shape index (κ2) is 7.74. The molecule has 0 saturated carbocycles. The van der Waals surface area contributed by atoms with Gasteiger partial charge in [0.25, 0.3) is 5.91 Å². The number of H-pyrrole nitrogens is 1. The molecule has 140 valence electrons. The van der Waals surface area contributed by atoms with Crippen LogP contribution in [0.5, 0.6) is 5.75 Å². The number of carbonyl (C=O) groups is 1. The average molecular weight is 392 g/mol. The van der Waals surface area contributed by atoms with Crippen molar-refractivity contribution in [3.8, 4) is 16.9 Å². The fourth-order valence-electron chi connectivity index (χ4n) is 3.03. The molecule has 0 aliphatic carbocycles.